The number of thiophene rings is 1. The summed E-state index contributed by atoms with van der Waals surface area (Å²) in [5.74, 6) is 0.917. The Hall–Kier alpha value is -1.88. The molecular formula is C16H19N3OS. The summed E-state index contributed by atoms with van der Waals surface area (Å²) in [6, 6.07) is 7.76. The van der Waals surface area contributed by atoms with E-state index in [0.29, 0.717) is 6.42 Å². The third-order valence-corrected chi connectivity index (χ3v) is 4.51. The van der Waals surface area contributed by atoms with Gasteiger partial charge in [-0.05, 0) is 42.8 Å². The summed E-state index contributed by atoms with van der Waals surface area (Å²) in [4.78, 5) is 20.0. The summed E-state index contributed by atoms with van der Waals surface area (Å²) in [6.07, 6.45) is 5.88. The van der Waals surface area contributed by atoms with Gasteiger partial charge in [-0.1, -0.05) is 6.07 Å². The molecule has 3 rings (SSSR count). The van der Waals surface area contributed by atoms with Crippen molar-refractivity contribution in [3.8, 4) is 0 Å². The van der Waals surface area contributed by atoms with Gasteiger partial charge in [-0.3, -0.25) is 4.79 Å². The topological polar surface area (TPSA) is 45.2 Å². The van der Waals surface area contributed by atoms with Crippen molar-refractivity contribution < 1.29 is 4.79 Å². The van der Waals surface area contributed by atoms with Crippen LogP contribution >= 0.6 is 11.3 Å². The third-order valence-electron chi connectivity index (χ3n) is 3.63. The quantitative estimate of drug-likeness (QED) is 0.942. The molecule has 5 heteroatoms. The van der Waals surface area contributed by atoms with Gasteiger partial charge in [0.1, 0.15) is 0 Å². The monoisotopic (exact) mass is 301 g/mol. The number of pyridine rings is 1. The molecule has 21 heavy (non-hydrogen) atoms. The summed E-state index contributed by atoms with van der Waals surface area (Å²) < 4.78 is 0. The molecule has 2 aromatic heterocycles. The first-order valence-electron chi connectivity index (χ1n) is 7.35. The van der Waals surface area contributed by atoms with Crippen LogP contribution in [0.2, 0.25) is 0 Å². The zero-order chi connectivity index (χ0) is 14.5. The van der Waals surface area contributed by atoms with Gasteiger partial charge in [0.25, 0.3) is 0 Å². The molecule has 0 spiro atoms. The van der Waals surface area contributed by atoms with Crippen LogP contribution in [0, 0.1) is 0 Å². The highest BCUT2D eigenvalue weighted by Crippen LogP contribution is 2.26. The number of nitrogens with one attached hydrogen (secondary N) is 1. The molecule has 1 amide bonds. The number of hydrogen-bond donors (Lipinski definition) is 1. The van der Waals surface area contributed by atoms with E-state index in [9.17, 15) is 4.79 Å². The van der Waals surface area contributed by atoms with E-state index in [2.05, 4.69) is 15.2 Å². The number of hydrogen-bond acceptors (Lipinski definition) is 4. The SMILES string of the molecule is O=C(Cc1cccs1)Nc1cccnc1N1CCCCC1. The Bertz CT molecular complexity index is 591. The van der Waals surface area contributed by atoms with E-state index >= 15 is 0 Å². The molecule has 0 aromatic carbocycles. The molecule has 0 atom stereocenters. The minimum absolute atomic E-state index is 0.0173. The van der Waals surface area contributed by atoms with Gasteiger partial charge in [0, 0.05) is 24.2 Å². The second-order valence-electron chi connectivity index (χ2n) is 5.23. The lowest BCUT2D eigenvalue weighted by molar-refractivity contribution is -0.115. The number of carbonyl (C=O) groups excluding carboxylic acids is 1. The highest BCUT2D eigenvalue weighted by Gasteiger charge is 2.16. The number of anilines is 2. The number of nitrogens with zero attached hydrogens (tertiary/aromatic N) is 2. The van der Waals surface area contributed by atoms with Gasteiger partial charge in [-0.2, -0.15) is 0 Å². The fourth-order valence-corrected chi connectivity index (χ4v) is 3.32. The molecule has 0 unspecified atom stereocenters. The summed E-state index contributed by atoms with van der Waals surface area (Å²) in [5, 5.41) is 5.00. The molecule has 1 saturated heterocycles. The predicted molar refractivity (Wildman–Crippen MR) is 87.0 cm³/mol. The Morgan fingerprint density at radius 1 is 1.24 bits per heavy atom. The maximum atomic E-state index is 12.2. The fourth-order valence-electron chi connectivity index (χ4n) is 2.62. The second-order valence-corrected chi connectivity index (χ2v) is 6.26. The van der Waals surface area contributed by atoms with E-state index < -0.39 is 0 Å². The normalized spacial score (nSPS) is 15.0. The van der Waals surface area contributed by atoms with Crippen LogP contribution in [0.15, 0.2) is 35.8 Å². The maximum absolute atomic E-state index is 12.2. The van der Waals surface area contributed by atoms with Crippen LogP contribution in [0.25, 0.3) is 0 Å². The number of aromatic nitrogens is 1. The van der Waals surface area contributed by atoms with E-state index in [4.69, 9.17) is 0 Å². The number of piperidine rings is 1. The second kappa shape index (κ2) is 6.72. The summed E-state index contributed by atoms with van der Waals surface area (Å²) in [7, 11) is 0. The van der Waals surface area contributed by atoms with Crippen molar-refractivity contribution >= 4 is 28.7 Å². The first kappa shape index (κ1) is 14.1. The van der Waals surface area contributed by atoms with Gasteiger partial charge in [0.15, 0.2) is 5.82 Å². The van der Waals surface area contributed by atoms with E-state index in [-0.39, 0.29) is 5.91 Å². The van der Waals surface area contributed by atoms with Gasteiger partial charge in [0.2, 0.25) is 5.91 Å². The lowest BCUT2D eigenvalue weighted by atomic mass is 10.1. The highest BCUT2D eigenvalue weighted by atomic mass is 32.1. The lowest BCUT2D eigenvalue weighted by Crippen LogP contribution is -2.31. The van der Waals surface area contributed by atoms with Crippen molar-refractivity contribution in [2.24, 2.45) is 0 Å². The minimum atomic E-state index is 0.0173. The zero-order valence-electron chi connectivity index (χ0n) is 11.9. The number of amides is 1. The zero-order valence-corrected chi connectivity index (χ0v) is 12.7. The van der Waals surface area contributed by atoms with Crippen molar-refractivity contribution in [1.82, 2.24) is 4.98 Å². The molecule has 1 N–H and O–H groups in total. The standard InChI is InChI=1S/C16H19N3OS/c20-15(12-13-6-5-11-21-13)18-14-7-4-8-17-16(14)19-9-2-1-3-10-19/h4-8,11H,1-3,9-10,12H2,(H,18,20). The summed E-state index contributed by atoms with van der Waals surface area (Å²) >= 11 is 1.61. The Balaban J connectivity index is 1.71. The Morgan fingerprint density at radius 3 is 2.86 bits per heavy atom. The summed E-state index contributed by atoms with van der Waals surface area (Å²) in [5.41, 5.74) is 0.820. The van der Waals surface area contributed by atoms with E-state index in [1.165, 1.54) is 19.3 Å². The predicted octanol–water partition coefficient (Wildman–Crippen LogP) is 3.31. The summed E-state index contributed by atoms with van der Waals surface area (Å²) in [6.45, 7) is 2.04. The van der Waals surface area contributed by atoms with E-state index in [0.717, 1.165) is 29.5 Å². The lowest BCUT2D eigenvalue weighted by Gasteiger charge is -2.29. The smallest absolute Gasteiger partial charge is 0.229 e. The number of carbonyl (C=O) groups is 1. The molecule has 1 aliphatic rings. The molecule has 110 valence electrons. The van der Waals surface area contributed by atoms with E-state index in [1.54, 1.807) is 17.5 Å². The van der Waals surface area contributed by atoms with Crippen LogP contribution in [0.3, 0.4) is 0 Å². The molecule has 1 aliphatic heterocycles. The Labute approximate surface area is 128 Å². The molecule has 2 aromatic rings. The first-order chi connectivity index (χ1) is 10.3. The van der Waals surface area contributed by atoms with Crippen molar-refractivity contribution in [3.63, 3.8) is 0 Å². The van der Waals surface area contributed by atoms with E-state index in [1.807, 2.05) is 29.6 Å². The van der Waals surface area contributed by atoms with Gasteiger partial charge in [0.05, 0.1) is 12.1 Å². The molecular weight excluding hydrogens is 282 g/mol. The largest absolute Gasteiger partial charge is 0.355 e. The minimum Gasteiger partial charge on any atom is -0.355 e. The van der Waals surface area contributed by atoms with Gasteiger partial charge in [-0.25, -0.2) is 4.98 Å². The average molecular weight is 301 g/mol. The van der Waals surface area contributed by atoms with Gasteiger partial charge in [-0.15, -0.1) is 11.3 Å². The van der Waals surface area contributed by atoms with Crippen molar-refractivity contribution in [2.45, 2.75) is 25.7 Å². The maximum Gasteiger partial charge on any atom is 0.229 e. The van der Waals surface area contributed by atoms with Crippen molar-refractivity contribution in [1.29, 1.82) is 0 Å². The first-order valence-corrected chi connectivity index (χ1v) is 8.23. The third kappa shape index (κ3) is 3.61. The molecule has 4 nitrogen and oxygen atoms in total. The number of rotatable bonds is 4. The molecule has 0 aliphatic carbocycles. The van der Waals surface area contributed by atoms with Gasteiger partial charge >= 0.3 is 0 Å². The molecule has 3 heterocycles. The average Bonchev–Trinajstić information content (AvgIpc) is 3.01. The van der Waals surface area contributed by atoms with Crippen LogP contribution in [-0.2, 0) is 11.2 Å². The van der Waals surface area contributed by atoms with Crippen molar-refractivity contribution in [3.05, 3.63) is 40.7 Å². The fraction of sp³-hybridized carbons (Fsp3) is 0.375. The van der Waals surface area contributed by atoms with Crippen LogP contribution in [0.1, 0.15) is 24.1 Å². The Kier molecular flexibility index (Phi) is 4.50. The van der Waals surface area contributed by atoms with Crippen LogP contribution < -0.4 is 10.2 Å². The molecule has 1 fully saturated rings. The van der Waals surface area contributed by atoms with Crippen molar-refractivity contribution in [2.75, 3.05) is 23.3 Å². The van der Waals surface area contributed by atoms with Crippen LogP contribution in [-0.4, -0.2) is 24.0 Å². The molecule has 0 bridgehead atoms. The highest BCUT2D eigenvalue weighted by molar-refractivity contribution is 7.10. The Morgan fingerprint density at radius 2 is 2.10 bits per heavy atom. The van der Waals surface area contributed by atoms with Crippen LogP contribution in [0.4, 0.5) is 11.5 Å². The molecule has 0 radical (unpaired) electrons. The van der Waals surface area contributed by atoms with Gasteiger partial charge < -0.3 is 10.2 Å². The molecule has 0 saturated carbocycles. The van der Waals surface area contributed by atoms with Crippen LogP contribution in [0.5, 0.6) is 0 Å².